The van der Waals surface area contributed by atoms with Crippen molar-refractivity contribution in [2.24, 2.45) is 13.0 Å². The smallest absolute Gasteiger partial charge is 0.389 e. The molecule has 1 aromatic heterocycles. The first-order valence-electron chi connectivity index (χ1n) is 6.59. The number of halogens is 4. The molecule has 20 heavy (non-hydrogen) atoms. The molecule has 1 aliphatic rings. The van der Waals surface area contributed by atoms with Gasteiger partial charge in [-0.2, -0.15) is 18.3 Å². The summed E-state index contributed by atoms with van der Waals surface area (Å²) < 4.78 is 40.9. The molecular weight excluding hydrogens is 337 g/mol. The molecule has 0 saturated heterocycles. The summed E-state index contributed by atoms with van der Waals surface area (Å²) >= 11 is 3.39. The van der Waals surface area contributed by atoms with Gasteiger partial charge in [0.05, 0.1) is 27.4 Å². The normalized spacial score (nSPS) is 27.9. The molecule has 1 heterocycles. The Hall–Kier alpha value is -0.560. The van der Waals surface area contributed by atoms with Crippen molar-refractivity contribution in [3.63, 3.8) is 0 Å². The molecule has 1 aliphatic carbocycles. The van der Waals surface area contributed by atoms with Crippen molar-refractivity contribution in [3.05, 3.63) is 15.9 Å². The number of aryl methyl sites for hydroxylation is 2. The molecule has 0 amide bonds. The van der Waals surface area contributed by atoms with E-state index in [0.29, 0.717) is 12.8 Å². The zero-order chi connectivity index (χ0) is 15.1. The van der Waals surface area contributed by atoms with Crippen molar-refractivity contribution in [2.45, 2.75) is 50.8 Å². The first kappa shape index (κ1) is 15.8. The summed E-state index contributed by atoms with van der Waals surface area (Å²) in [6, 6.07) is 0. The van der Waals surface area contributed by atoms with Crippen LogP contribution in [0.4, 0.5) is 13.2 Å². The average Bonchev–Trinajstić information content (AvgIpc) is 2.55. The van der Waals surface area contributed by atoms with E-state index in [1.807, 2.05) is 6.92 Å². The van der Waals surface area contributed by atoms with Crippen LogP contribution in [0.2, 0.25) is 0 Å². The Bertz CT molecular complexity index is 501. The van der Waals surface area contributed by atoms with Gasteiger partial charge >= 0.3 is 6.18 Å². The molecule has 3 nitrogen and oxygen atoms in total. The van der Waals surface area contributed by atoms with Crippen molar-refractivity contribution >= 4 is 15.9 Å². The summed E-state index contributed by atoms with van der Waals surface area (Å²) in [6.07, 6.45) is -3.36. The lowest BCUT2D eigenvalue weighted by Crippen LogP contribution is -2.42. The number of hydrogen-bond acceptors (Lipinski definition) is 2. The Morgan fingerprint density at radius 3 is 2.65 bits per heavy atom. The van der Waals surface area contributed by atoms with Crippen molar-refractivity contribution in [1.82, 2.24) is 9.78 Å². The van der Waals surface area contributed by atoms with Gasteiger partial charge in [-0.15, -0.1) is 0 Å². The zero-order valence-corrected chi connectivity index (χ0v) is 13.1. The minimum atomic E-state index is -4.23. The third-order valence-corrected chi connectivity index (χ3v) is 5.07. The number of alkyl halides is 3. The Balaban J connectivity index is 2.19. The number of nitrogens with zero attached hydrogens (tertiary/aromatic N) is 2. The van der Waals surface area contributed by atoms with Crippen LogP contribution >= 0.6 is 15.9 Å². The van der Waals surface area contributed by atoms with Crippen LogP contribution in [-0.2, 0) is 13.5 Å². The van der Waals surface area contributed by atoms with Crippen molar-refractivity contribution in [3.8, 4) is 0 Å². The summed E-state index contributed by atoms with van der Waals surface area (Å²) in [5.41, 5.74) is 0.211. The van der Waals surface area contributed by atoms with E-state index in [1.165, 1.54) is 0 Å². The molecule has 1 saturated carbocycles. The molecule has 2 rings (SSSR count). The van der Waals surface area contributed by atoms with Gasteiger partial charge in [0.1, 0.15) is 0 Å². The van der Waals surface area contributed by atoms with Crippen LogP contribution in [0.15, 0.2) is 4.47 Å². The van der Waals surface area contributed by atoms with Gasteiger partial charge in [-0.1, -0.05) is 0 Å². The van der Waals surface area contributed by atoms with E-state index in [-0.39, 0.29) is 19.3 Å². The van der Waals surface area contributed by atoms with E-state index in [1.54, 1.807) is 11.7 Å². The maximum Gasteiger partial charge on any atom is 0.391 e. The highest BCUT2D eigenvalue weighted by atomic mass is 79.9. The molecule has 114 valence electrons. The van der Waals surface area contributed by atoms with Crippen LogP contribution in [0.1, 0.15) is 37.1 Å². The Morgan fingerprint density at radius 2 is 2.15 bits per heavy atom. The van der Waals surface area contributed by atoms with E-state index in [9.17, 15) is 18.3 Å². The van der Waals surface area contributed by atoms with Crippen molar-refractivity contribution < 1.29 is 18.3 Å². The molecule has 0 bridgehead atoms. The summed E-state index contributed by atoms with van der Waals surface area (Å²) in [5, 5.41) is 14.8. The molecule has 0 aliphatic heterocycles. The fourth-order valence-corrected chi connectivity index (χ4v) is 3.44. The fraction of sp³-hybridized carbons (Fsp3) is 0.769. The predicted molar refractivity (Wildman–Crippen MR) is 72.3 cm³/mol. The summed E-state index contributed by atoms with van der Waals surface area (Å²) in [7, 11) is 1.74. The molecular formula is C13H18BrF3N2O. The standard InChI is InChI=1S/C13H18BrF3N2O/c1-8-11(14)10(19(2)18-8)7-12(20)5-3-4-9(6-12)13(15,16)17/h9,20H,3-7H2,1-2H3. The second kappa shape index (κ2) is 5.33. The highest BCUT2D eigenvalue weighted by Gasteiger charge is 2.47. The third kappa shape index (κ3) is 3.19. The fourth-order valence-electron chi connectivity index (χ4n) is 2.96. The van der Waals surface area contributed by atoms with Gasteiger partial charge in [0.2, 0.25) is 0 Å². The Labute approximate surface area is 124 Å². The van der Waals surface area contributed by atoms with E-state index in [2.05, 4.69) is 21.0 Å². The molecule has 0 aromatic carbocycles. The molecule has 1 aromatic rings. The average molecular weight is 355 g/mol. The summed E-state index contributed by atoms with van der Waals surface area (Å²) in [5.74, 6) is -1.41. The number of aliphatic hydroxyl groups is 1. The number of aromatic nitrogens is 2. The largest absolute Gasteiger partial charge is 0.391 e. The molecule has 0 radical (unpaired) electrons. The third-order valence-electron chi connectivity index (χ3n) is 4.04. The van der Waals surface area contributed by atoms with Gasteiger partial charge in [0.25, 0.3) is 0 Å². The minimum Gasteiger partial charge on any atom is -0.389 e. The molecule has 0 spiro atoms. The molecule has 1 fully saturated rings. The minimum absolute atomic E-state index is 0.109. The summed E-state index contributed by atoms with van der Waals surface area (Å²) in [4.78, 5) is 0. The highest BCUT2D eigenvalue weighted by molar-refractivity contribution is 9.10. The van der Waals surface area contributed by atoms with E-state index < -0.39 is 17.7 Å². The second-order valence-corrected chi connectivity index (χ2v) is 6.50. The maximum absolute atomic E-state index is 12.8. The van der Waals surface area contributed by atoms with Crippen molar-refractivity contribution in [1.29, 1.82) is 0 Å². The monoisotopic (exact) mass is 354 g/mol. The number of hydrogen-bond donors (Lipinski definition) is 1. The zero-order valence-electron chi connectivity index (χ0n) is 11.5. The highest BCUT2D eigenvalue weighted by Crippen LogP contribution is 2.43. The van der Waals surface area contributed by atoms with E-state index in [0.717, 1.165) is 15.9 Å². The van der Waals surface area contributed by atoms with Gasteiger partial charge in [-0.3, -0.25) is 4.68 Å². The lowest BCUT2D eigenvalue weighted by molar-refractivity contribution is -0.200. The van der Waals surface area contributed by atoms with Gasteiger partial charge in [-0.25, -0.2) is 0 Å². The van der Waals surface area contributed by atoms with Gasteiger partial charge in [0, 0.05) is 13.5 Å². The van der Waals surface area contributed by atoms with Crippen LogP contribution in [-0.4, -0.2) is 26.7 Å². The quantitative estimate of drug-likeness (QED) is 0.882. The lowest BCUT2D eigenvalue weighted by Gasteiger charge is -2.37. The van der Waals surface area contributed by atoms with Crippen LogP contribution in [0.5, 0.6) is 0 Å². The summed E-state index contributed by atoms with van der Waals surface area (Å²) in [6.45, 7) is 1.82. The Morgan fingerprint density at radius 1 is 1.50 bits per heavy atom. The maximum atomic E-state index is 12.8. The van der Waals surface area contributed by atoms with Crippen LogP contribution in [0, 0.1) is 12.8 Å². The van der Waals surface area contributed by atoms with Gasteiger partial charge < -0.3 is 5.11 Å². The molecule has 7 heteroatoms. The van der Waals surface area contributed by atoms with E-state index >= 15 is 0 Å². The van der Waals surface area contributed by atoms with Gasteiger partial charge in [-0.05, 0) is 48.5 Å². The second-order valence-electron chi connectivity index (χ2n) is 5.71. The van der Waals surface area contributed by atoms with E-state index in [4.69, 9.17) is 0 Å². The lowest BCUT2D eigenvalue weighted by atomic mass is 9.75. The van der Waals surface area contributed by atoms with Crippen LogP contribution in [0.3, 0.4) is 0 Å². The van der Waals surface area contributed by atoms with Crippen molar-refractivity contribution in [2.75, 3.05) is 0 Å². The number of rotatable bonds is 2. The Kier molecular flexibility index (Phi) is 4.22. The SMILES string of the molecule is Cc1nn(C)c(CC2(O)CCCC(C(F)(F)F)C2)c1Br. The molecule has 2 atom stereocenters. The topological polar surface area (TPSA) is 38.0 Å². The first-order valence-corrected chi connectivity index (χ1v) is 7.39. The van der Waals surface area contributed by atoms with Crippen LogP contribution < -0.4 is 0 Å². The van der Waals surface area contributed by atoms with Gasteiger partial charge in [0.15, 0.2) is 0 Å². The first-order chi connectivity index (χ1) is 9.12. The molecule has 1 N–H and O–H groups in total. The van der Waals surface area contributed by atoms with Crippen LogP contribution in [0.25, 0.3) is 0 Å². The molecule has 2 unspecified atom stereocenters. The predicted octanol–water partition coefficient (Wildman–Crippen LogP) is 3.52.